The first-order valence-electron chi connectivity index (χ1n) is 14.7. The third-order valence-electron chi connectivity index (χ3n) is 7.70. The zero-order chi connectivity index (χ0) is 32.5. The molecule has 11 nitrogen and oxygen atoms in total. The van der Waals surface area contributed by atoms with E-state index in [0.717, 1.165) is 4.68 Å². The Labute approximate surface area is 259 Å². The number of benzene rings is 1. The van der Waals surface area contributed by atoms with Gasteiger partial charge in [-0.25, -0.2) is 9.48 Å². The second-order valence-electron chi connectivity index (χ2n) is 12.1. The Hall–Kier alpha value is -4.49. The molecule has 2 aliphatic rings. The number of pyridine rings is 1. The number of nitrogens with zero attached hydrogens (tertiary/aromatic N) is 4. The van der Waals surface area contributed by atoms with Crippen molar-refractivity contribution in [2.24, 2.45) is 0 Å². The third kappa shape index (κ3) is 7.26. The Morgan fingerprint density at radius 2 is 1.80 bits per heavy atom. The minimum absolute atomic E-state index is 0.136. The second-order valence-corrected chi connectivity index (χ2v) is 12.1. The second kappa shape index (κ2) is 12.5. The Bertz CT molecular complexity index is 1540. The average Bonchev–Trinajstić information content (AvgIpc) is 3.43. The molecule has 4 heterocycles. The van der Waals surface area contributed by atoms with E-state index >= 15 is 0 Å². The number of ether oxygens (including phenoxy) is 3. The average molecular weight is 631 g/mol. The molecule has 0 saturated carbocycles. The molecule has 2 aromatic heterocycles. The molecule has 14 heteroatoms. The highest BCUT2D eigenvalue weighted by Gasteiger charge is 2.46. The van der Waals surface area contributed by atoms with E-state index < -0.39 is 35.9 Å². The number of hydrogen-bond acceptors (Lipinski definition) is 8. The highest BCUT2D eigenvalue weighted by molar-refractivity contribution is 5.92. The van der Waals surface area contributed by atoms with Crippen molar-refractivity contribution in [3.8, 4) is 22.8 Å². The smallest absolute Gasteiger partial charge is 0.410 e. The maximum atomic E-state index is 14.2. The van der Waals surface area contributed by atoms with Gasteiger partial charge in [0.05, 0.1) is 26.0 Å². The first kappa shape index (κ1) is 31.9. The fourth-order valence-electron chi connectivity index (χ4n) is 5.53. The van der Waals surface area contributed by atoms with Crippen LogP contribution in [0.5, 0.6) is 11.5 Å². The first-order valence-corrected chi connectivity index (χ1v) is 14.7. The Morgan fingerprint density at radius 3 is 2.44 bits per heavy atom. The number of likely N-dealkylation sites (tertiary alicyclic amines) is 1. The molecule has 2 unspecified atom stereocenters. The van der Waals surface area contributed by atoms with Crippen LogP contribution in [0, 0.1) is 0 Å². The predicted octanol–water partition coefficient (Wildman–Crippen LogP) is 5.75. The monoisotopic (exact) mass is 630 g/mol. The lowest BCUT2D eigenvalue weighted by atomic mass is 9.96. The molecule has 2 aliphatic heterocycles. The Kier molecular flexibility index (Phi) is 8.86. The fourth-order valence-corrected chi connectivity index (χ4v) is 5.53. The molecule has 1 aromatic carbocycles. The van der Waals surface area contributed by atoms with E-state index in [1.165, 1.54) is 32.5 Å². The van der Waals surface area contributed by atoms with Gasteiger partial charge in [-0.1, -0.05) is 6.07 Å². The highest BCUT2D eigenvalue weighted by atomic mass is 19.4. The van der Waals surface area contributed by atoms with Crippen molar-refractivity contribution in [2.45, 2.75) is 69.9 Å². The van der Waals surface area contributed by atoms with Gasteiger partial charge in [0, 0.05) is 43.4 Å². The SMILES string of the molecule is COc1ccc(C2CC(C(F)(F)F)n3nc(-c4ccc(C(=O)N[C@@H]5CCCN(C(=O)OC(C)(C)C)C5)nc4)cc3N2)cc1OC. The number of methoxy groups -OCH3 is 2. The van der Waals surface area contributed by atoms with E-state index in [4.69, 9.17) is 14.2 Å². The van der Waals surface area contributed by atoms with Crippen molar-refractivity contribution in [2.75, 3.05) is 32.6 Å². The van der Waals surface area contributed by atoms with Crippen LogP contribution in [0.3, 0.4) is 0 Å². The molecule has 242 valence electrons. The Balaban J connectivity index is 1.30. The first-order chi connectivity index (χ1) is 21.3. The van der Waals surface area contributed by atoms with Crippen molar-refractivity contribution >= 4 is 17.8 Å². The maximum Gasteiger partial charge on any atom is 0.410 e. The van der Waals surface area contributed by atoms with E-state index in [1.54, 1.807) is 49.9 Å². The maximum absolute atomic E-state index is 14.2. The number of anilines is 1. The predicted molar refractivity (Wildman–Crippen MR) is 159 cm³/mol. The molecule has 0 aliphatic carbocycles. The zero-order valence-electron chi connectivity index (χ0n) is 25.8. The van der Waals surface area contributed by atoms with Gasteiger partial charge >= 0.3 is 12.3 Å². The summed E-state index contributed by atoms with van der Waals surface area (Å²) in [7, 11) is 2.96. The number of carbonyl (C=O) groups is 2. The van der Waals surface area contributed by atoms with Crippen LogP contribution >= 0.6 is 0 Å². The van der Waals surface area contributed by atoms with Crippen molar-refractivity contribution in [3.05, 3.63) is 53.9 Å². The summed E-state index contributed by atoms with van der Waals surface area (Å²) in [5.41, 5.74) is 0.854. The minimum atomic E-state index is -4.55. The van der Waals surface area contributed by atoms with E-state index in [9.17, 15) is 22.8 Å². The molecule has 1 fully saturated rings. The standard InChI is InChI=1S/C31H37F3N6O5/c1-30(2,3)45-29(42)39-12-6-7-20(17-39)36-28(41)21-10-8-19(16-35-21)23-15-27-37-22(14-26(31(32,33)34)40(27)38-23)18-9-11-24(43-4)25(13-18)44-5/h8-11,13,15-16,20,22,26,37H,6-7,12,14,17H2,1-5H3,(H,36,41)/t20-,22?,26?/m1/s1. The van der Waals surface area contributed by atoms with Gasteiger partial charge in [-0.05, 0) is 63.4 Å². The number of nitrogens with one attached hydrogen (secondary N) is 2. The van der Waals surface area contributed by atoms with Gasteiger partial charge in [0.25, 0.3) is 5.91 Å². The lowest BCUT2D eigenvalue weighted by molar-refractivity contribution is -0.173. The number of amides is 2. The fraction of sp³-hybridized carbons (Fsp3) is 0.484. The van der Waals surface area contributed by atoms with Gasteiger partial charge in [0.15, 0.2) is 17.5 Å². The van der Waals surface area contributed by atoms with Crippen molar-refractivity contribution in [3.63, 3.8) is 0 Å². The molecule has 3 aromatic rings. The summed E-state index contributed by atoms with van der Waals surface area (Å²) < 4.78 is 59.7. The van der Waals surface area contributed by atoms with E-state index in [2.05, 4.69) is 20.7 Å². The molecular weight excluding hydrogens is 593 g/mol. The van der Waals surface area contributed by atoms with Crippen LogP contribution in [0.4, 0.5) is 23.8 Å². The summed E-state index contributed by atoms with van der Waals surface area (Å²) >= 11 is 0. The summed E-state index contributed by atoms with van der Waals surface area (Å²) in [6.45, 7) is 6.25. The van der Waals surface area contributed by atoms with Gasteiger partial charge in [0.2, 0.25) is 0 Å². The van der Waals surface area contributed by atoms with Gasteiger partial charge in [0.1, 0.15) is 17.1 Å². The van der Waals surface area contributed by atoms with Crippen molar-refractivity contribution in [1.82, 2.24) is 25.0 Å². The third-order valence-corrected chi connectivity index (χ3v) is 7.70. The molecule has 0 radical (unpaired) electrons. The molecule has 0 spiro atoms. The van der Waals surface area contributed by atoms with Crippen molar-refractivity contribution in [1.29, 1.82) is 0 Å². The topological polar surface area (TPSA) is 120 Å². The quantitative estimate of drug-likeness (QED) is 0.353. The summed E-state index contributed by atoms with van der Waals surface area (Å²) in [5, 5.41) is 10.4. The van der Waals surface area contributed by atoms with Crippen LogP contribution in [0.2, 0.25) is 0 Å². The van der Waals surface area contributed by atoms with Crippen LogP contribution in [-0.4, -0.2) is 76.8 Å². The van der Waals surface area contributed by atoms with E-state index in [-0.39, 0.29) is 29.7 Å². The normalized spacial score (nSPS) is 20.1. The van der Waals surface area contributed by atoms with Gasteiger partial charge in [-0.2, -0.15) is 18.3 Å². The number of aromatic nitrogens is 3. The lowest BCUT2D eigenvalue weighted by Crippen LogP contribution is -2.50. The van der Waals surface area contributed by atoms with Crippen LogP contribution in [-0.2, 0) is 4.74 Å². The van der Waals surface area contributed by atoms with Crippen LogP contribution in [0.25, 0.3) is 11.3 Å². The molecule has 3 atom stereocenters. The minimum Gasteiger partial charge on any atom is -0.493 e. The molecule has 45 heavy (non-hydrogen) atoms. The molecule has 5 rings (SSSR count). The molecule has 1 saturated heterocycles. The van der Waals surface area contributed by atoms with Crippen LogP contribution < -0.4 is 20.1 Å². The summed E-state index contributed by atoms with van der Waals surface area (Å²) in [5.74, 6) is 0.674. The number of rotatable bonds is 6. The molecular formula is C31H37F3N6O5. The van der Waals surface area contributed by atoms with Crippen LogP contribution in [0.15, 0.2) is 42.6 Å². The zero-order valence-corrected chi connectivity index (χ0v) is 25.8. The van der Waals surface area contributed by atoms with Crippen LogP contribution in [0.1, 0.15) is 68.2 Å². The molecule has 0 bridgehead atoms. The van der Waals surface area contributed by atoms with Gasteiger partial charge in [-0.15, -0.1) is 0 Å². The largest absolute Gasteiger partial charge is 0.493 e. The number of hydrogen-bond donors (Lipinski definition) is 2. The van der Waals surface area contributed by atoms with Gasteiger partial charge in [-0.3, -0.25) is 9.78 Å². The summed E-state index contributed by atoms with van der Waals surface area (Å²) in [6, 6.07) is 6.85. The van der Waals surface area contributed by atoms with E-state index in [1.807, 2.05) is 0 Å². The van der Waals surface area contributed by atoms with Gasteiger partial charge < -0.3 is 29.7 Å². The summed E-state index contributed by atoms with van der Waals surface area (Å²) in [6.07, 6.45) is -2.44. The van der Waals surface area contributed by atoms with Crippen molar-refractivity contribution < 1.29 is 37.0 Å². The number of halogens is 3. The number of fused-ring (bicyclic) bond motifs is 1. The number of alkyl halides is 3. The molecule has 2 N–H and O–H groups in total. The number of carbonyl (C=O) groups excluding carboxylic acids is 2. The summed E-state index contributed by atoms with van der Waals surface area (Å²) in [4.78, 5) is 31.3. The highest BCUT2D eigenvalue weighted by Crippen LogP contribution is 2.45. The molecule has 2 amide bonds. The Morgan fingerprint density at radius 1 is 1.04 bits per heavy atom. The number of piperidine rings is 1. The van der Waals surface area contributed by atoms with E-state index in [0.29, 0.717) is 48.6 Å². The lowest BCUT2D eigenvalue weighted by Gasteiger charge is -2.34.